The Balaban J connectivity index is 1.98. The van der Waals surface area contributed by atoms with Crippen LogP contribution in [0.25, 0.3) is 0 Å². The van der Waals surface area contributed by atoms with Gasteiger partial charge in [-0.2, -0.15) is 0 Å². The molecule has 2 rings (SSSR count). The lowest BCUT2D eigenvalue weighted by Crippen LogP contribution is -2.48. The van der Waals surface area contributed by atoms with Crippen LogP contribution in [0.2, 0.25) is 0 Å². The molecular formula is C11H17N5O2. The van der Waals surface area contributed by atoms with Crippen LogP contribution in [0.4, 0.5) is 11.6 Å². The molecule has 18 heavy (non-hydrogen) atoms. The Morgan fingerprint density at radius 3 is 2.61 bits per heavy atom. The summed E-state index contributed by atoms with van der Waals surface area (Å²) in [5.74, 6) is 1.14. The van der Waals surface area contributed by atoms with E-state index in [1.165, 1.54) is 0 Å². The molecule has 0 atom stereocenters. The lowest BCUT2D eigenvalue weighted by atomic mass is 10.3. The number of carboxylic acid groups (broad SMARTS) is 1. The van der Waals surface area contributed by atoms with E-state index in [0.29, 0.717) is 11.6 Å². The zero-order valence-corrected chi connectivity index (χ0v) is 10.3. The second-order valence-corrected chi connectivity index (χ2v) is 4.36. The molecule has 0 bridgehead atoms. The summed E-state index contributed by atoms with van der Waals surface area (Å²) in [6, 6.07) is 1.75. The second-order valence-electron chi connectivity index (χ2n) is 4.36. The smallest absolute Gasteiger partial charge is 0.317 e. The predicted molar refractivity (Wildman–Crippen MR) is 67.5 cm³/mol. The first kappa shape index (κ1) is 12.6. The van der Waals surface area contributed by atoms with Crippen molar-refractivity contribution in [3.05, 3.63) is 11.9 Å². The van der Waals surface area contributed by atoms with E-state index in [9.17, 15) is 4.79 Å². The maximum Gasteiger partial charge on any atom is 0.317 e. The van der Waals surface area contributed by atoms with Crippen LogP contribution in [0.3, 0.4) is 0 Å². The molecule has 7 nitrogen and oxygen atoms in total. The highest BCUT2D eigenvalue weighted by molar-refractivity contribution is 5.69. The van der Waals surface area contributed by atoms with Gasteiger partial charge in [-0.3, -0.25) is 9.69 Å². The minimum Gasteiger partial charge on any atom is -0.480 e. The second kappa shape index (κ2) is 5.18. The molecule has 1 saturated heterocycles. The van der Waals surface area contributed by atoms with E-state index in [1.807, 2.05) is 4.90 Å². The van der Waals surface area contributed by atoms with Crippen LogP contribution in [-0.2, 0) is 4.79 Å². The van der Waals surface area contributed by atoms with Crippen LogP contribution in [0.5, 0.6) is 0 Å². The third-order valence-electron chi connectivity index (χ3n) is 2.90. The number of aryl methyl sites for hydroxylation is 1. The highest BCUT2D eigenvalue weighted by Gasteiger charge is 2.20. The zero-order valence-electron chi connectivity index (χ0n) is 10.3. The van der Waals surface area contributed by atoms with Gasteiger partial charge in [-0.15, -0.1) is 0 Å². The lowest BCUT2D eigenvalue weighted by Gasteiger charge is -2.34. The van der Waals surface area contributed by atoms with Crippen molar-refractivity contribution in [2.24, 2.45) is 0 Å². The maximum absolute atomic E-state index is 10.6. The van der Waals surface area contributed by atoms with Crippen LogP contribution in [0, 0.1) is 6.92 Å². The van der Waals surface area contributed by atoms with Crippen molar-refractivity contribution in [2.75, 3.05) is 43.4 Å². The van der Waals surface area contributed by atoms with E-state index in [-0.39, 0.29) is 6.54 Å². The largest absolute Gasteiger partial charge is 0.480 e. The summed E-state index contributed by atoms with van der Waals surface area (Å²) >= 11 is 0. The first-order chi connectivity index (χ1) is 8.54. The molecule has 0 amide bonds. The van der Waals surface area contributed by atoms with Crippen LogP contribution in [0.1, 0.15) is 5.82 Å². The number of aromatic nitrogens is 2. The van der Waals surface area contributed by atoms with Gasteiger partial charge in [0.15, 0.2) is 0 Å². The molecule has 0 unspecified atom stereocenters. The van der Waals surface area contributed by atoms with Crippen LogP contribution in [0.15, 0.2) is 6.07 Å². The molecule has 1 aromatic rings. The fraction of sp³-hybridized carbons (Fsp3) is 0.545. The Hall–Kier alpha value is -1.89. The molecule has 1 aliphatic rings. The molecule has 0 spiro atoms. The first-order valence-corrected chi connectivity index (χ1v) is 5.85. The van der Waals surface area contributed by atoms with Gasteiger partial charge in [0.1, 0.15) is 17.5 Å². The zero-order chi connectivity index (χ0) is 13.1. The van der Waals surface area contributed by atoms with Crippen LogP contribution in [-0.4, -0.2) is 58.7 Å². The standard InChI is InChI=1S/C11H17N5O2/c1-8-13-9(12)6-10(14-8)16-4-2-15(3-5-16)7-11(17)18/h6H,2-5,7H2,1H3,(H,17,18)(H2,12,13,14). The summed E-state index contributed by atoms with van der Waals surface area (Å²) in [5, 5.41) is 8.73. The van der Waals surface area contributed by atoms with E-state index >= 15 is 0 Å². The Bertz CT molecular complexity index is 423. The third-order valence-corrected chi connectivity index (χ3v) is 2.90. The molecule has 1 aliphatic heterocycles. The number of carbonyl (C=O) groups is 1. The monoisotopic (exact) mass is 251 g/mol. The van der Waals surface area contributed by atoms with E-state index in [1.54, 1.807) is 13.0 Å². The summed E-state index contributed by atoms with van der Waals surface area (Å²) in [7, 11) is 0. The quantitative estimate of drug-likeness (QED) is 0.752. The summed E-state index contributed by atoms with van der Waals surface area (Å²) in [5.41, 5.74) is 5.69. The van der Waals surface area contributed by atoms with Gasteiger partial charge in [0.2, 0.25) is 0 Å². The Morgan fingerprint density at radius 2 is 2.06 bits per heavy atom. The summed E-state index contributed by atoms with van der Waals surface area (Å²) < 4.78 is 0. The van der Waals surface area contributed by atoms with Gasteiger partial charge in [-0.1, -0.05) is 0 Å². The summed E-state index contributed by atoms with van der Waals surface area (Å²) in [4.78, 5) is 23.0. The van der Waals surface area contributed by atoms with Crippen LogP contribution < -0.4 is 10.6 Å². The van der Waals surface area contributed by atoms with E-state index in [2.05, 4.69) is 14.9 Å². The summed E-state index contributed by atoms with van der Waals surface area (Å²) in [6.45, 7) is 4.84. The molecule has 0 aromatic carbocycles. The number of carboxylic acids is 1. The van der Waals surface area contributed by atoms with E-state index in [4.69, 9.17) is 10.8 Å². The first-order valence-electron chi connectivity index (χ1n) is 5.85. The molecule has 1 aromatic heterocycles. The molecule has 2 heterocycles. The van der Waals surface area contributed by atoms with Gasteiger partial charge in [0, 0.05) is 32.2 Å². The summed E-state index contributed by atoms with van der Waals surface area (Å²) in [6.07, 6.45) is 0. The number of anilines is 2. The SMILES string of the molecule is Cc1nc(N)cc(N2CCN(CC(=O)O)CC2)n1. The average Bonchev–Trinajstić information content (AvgIpc) is 2.27. The number of nitrogen functional groups attached to an aromatic ring is 1. The Labute approximate surface area is 105 Å². The molecule has 98 valence electrons. The maximum atomic E-state index is 10.6. The lowest BCUT2D eigenvalue weighted by molar-refractivity contribution is -0.138. The number of hydrogen-bond donors (Lipinski definition) is 2. The molecule has 1 fully saturated rings. The fourth-order valence-electron chi connectivity index (χ4n) is 2.06. The van der Waals surface area contributed by atoms with E-state index < -0.39 is 5.97 Å². The number of hydrogen-bond acceptors (Lipinski definition) is 6. The van der Waals surface area contributed by atoms with Gasteiger partial charge < -0.3 is 15.7 Å². The molecule has 0 aliphatic carbocycles. The molecule has 0 radical (unpaired) electrons. The number of piperazine rings is 1. The molecule has 7 heteroatoms. The van der Waals surface area contributed by atoms with Gasteiger partial charge in [-0.25, -0.2) is 9.97 Å². The van der Waals surface area contributed by atoms with Crippen molar-refractivity contribution >= 4 is 17.6 Å². The Morgan fingerprint density at radius 1 is 1.39 bits per heavy atom. The van der Waals surface area contributed by atoms with Crippen molar-refractivity contribution < 1.29 is 9.90 Å². The van der Waals surface area contributed by atoms with Crippen molar-refractivity contribution in [3.63, 3.8) is 0 Å². The fourth-order valence-corrected chi connectivity index (χ4v) is 2.06. The van der Waals surface area contributed by atoms with Crippen molar-refractivity contribution in [2.45, 2.75) is 6.92 Å². The van der Waals surface area contributed by atoms with Crippen LogP contribution >= 0.6 is 0 Å². The minimum atomic E-state index is -0.787. The van der Waals surface area contributed by atoms with Crippen molar-refractivity contribution in [3.8, 4) is 0 Å². The molecular weight excluding hydrogens is 234 g/mol. The third kappa shape index (κ3) is 3.07. The van der Waals surface area contributed by atoms with Gasteiger partial charge >= 0.3 is 5.97 Å². The number of nitrogens with zero attached hydrogens (tertiary/aromatic N) is 4. The number of aliphatic carboxylic acids is 1. The number of rotatable bonds is 3. The molecule has 0 saturated carbocycles. The predicted octanol–water partition coefficient (Wildman–Crippen LogP) is -0.426. The molecule has 3 N–H and O–H groups in total. The number of nitrogens with two attached hydrogens (primary N) is 1. The Kier molecular flexibility index (Phi) is 3.61. The minimum absolute atomic E-state index is 0.0960. The highest BCUT2D eigenvalue weighted by atomic mass is 16.4. The highest BCUT2D eigenvalue weighted by Crippen LogP contribution is 2.15. The average molecular weight is 251 g/mol. The van der Waals surface area contributed by atoms with Crippen molar-refractivity contribution in [1.82, 2.24) is 14.9 Å². The van der Waals surface area contributed by atoms with Gasteiger partial charge in [0.05, 0.1) is 6.54 Å². The van der Waals surface area contributed by atoms with Gasteiger partial charge in [-0.05, 0) is 6.92 Å². The van der Waals surface area contributed by atoms with Gasteiger partial charge in [0.25, 0.3) is 0 Å². The normalized spacial score (nSPS) is 16.8. The topological polar surface area (TPSA) is 95.6 Å². The van der Waals surface area contributed by atoms with E-state index in [0.717, 1.165) is 32.0 Å². The van der Waals surface area contributed by atoms with Crippen molar-refractivity contribution in [1.29, 1.82) is 0 Å².